The highest BCUT2D eigenvalue weighted by atomic mass is 19.1. The Kier molecular flexibility index (Phi) is 5.41. The van der Waals surface area contributed by atoms with Crippen LogP contribution in [0.1, 0.15) is 0 Å². The van der Waals surface area contributed by atoms with Gasteiger partial charge in [0.15, 0.2) is 0 Å². The van der Waals surface area contributed by atoms with Gasteiger partial charge in [-0.1, -0.05) is 0 Å². The first-order valence-corrected chi connectivity index (χ1v) is 10.5. The van der Waals surface area contributed by atoms with Crippen molar-refractivity contribution < 1.29 is 13.9 Å². The van der Waals surface area contributed by atoms with Gasteiger partial charge in [0.1, 0.15) is 5.82 Å². The van der Waals surface area contributed by atoms with Gasteiger partial charge in [0.25, 0.3) is 0 Å². The van der Waals surface area contributed by atoms with Crippen molar-refractivity contribution in [3.8, 4) is 11.1 Å². The first-order valence-electron chi connectivity index (χ1n) is 10.5. The predicted octanol–water partition coefficient (Wildman–Crippen LogP) is 1.22. The Labute approximate surface area is 175 Å². The lowest BCUT2D eigenvalue weighted by Gasteiger charge is -2.44. The molecule has 3 aliphatic rings. The second-order valence-electron chi connectivity index (χ2n) is 7.97. The summed E-state index contributed by atoms with van der Waals surface area (Å²) in [5, 5.41) is 0. The monoisotopic (exact) mass is 414 g/mol. The van der Waals surface area contributed by atoms with Gasteiger partial charge < -0.3 is 25.0 Å². The molecule has 9 heteroatoms. The Balaban J connectivity index is 1.35. The summed E-state index contributed by atoms with van der Waals surface area (Å²) in [6.45, 7) is 7.87. The Bertz CT molecular complexity index is 890. The average molecular weight is 414 g/mol. The minimum absolute atomic E-state index is 0.316. The van der Waals surface area contributed by atoms with Gasteiger partial charge >= 0.3 is 0 Å². The molecule has 2 N–H and O–H groups in total. The number of nitrogen functional groups attached to an aromatic ring is 1. The van der Waals surface area contributed by atoms with E-state index in [1.54, 1.807) is 24.5 Å². The van der Waals surface area contributed by atoms with E-state index in [1.807, 2.05) is 0 Å². The van der Waals surface area contributed by atoms with Crippen molar-refractivity contribution in [3.63, 3.8) is 0 Å². The van der Waals surface area contributed by atoms with E-state index < -0.39 is 0 Å². The van der Waals surface area contributed by atoms with Gasteiger partial charge in [-0.3, -0.25) is 4.90 Å². The number of fused-ring (bicyclic) bond motifs is 1. The molecule has 1 unspecified atom stereocenters. The minimum atomic E-state index is -0.316. The largest absolute Gasteiger partial charge is 0.397 e. The molecule has 0 bridgehead atoms. The quantitative estimate of drug-likeness (QED) is 0.752. The third-order valence-electron chi connectivity index (χ3n) is 6.14. The van der Waals surface area contributed by atoms with Crippen LogP contribution in [-0.4, -0.2) is 86.6 Å². The lowest BCUT2D eigenvalue weighted by atomic mass is 10.0. The summed E-state index contributed by atoms with van der Waals surface area (Å²) >= 11 is 0. The summed E-state index contributed by atoms with van der Waals surface area (Å²) in [6.07, 6.45) is 3.32. The number of halogens is 1. The number of piperazine rings is 1. The van der Waals surface area contributed by atoms with Gasteiger partial charge in [-0.25, -0.2) is 14.4 Å². The molecule has 3 saturated heterocycles. The van der Waals surface area contributed by atoms with Crippen molar-refractivity contribution in [2.45, 2.75) is 6.04 Å². The first kappa shape index (κ1) is 19.5. The highest BCUT2D eigenvalue weighted by Crippen LogP contribution is 2.33. The smallest absolute Gasteiger partial charge is 0.225 e. The highest BCUT2D eigenvalue weighted by molar-refractivity contribution is 5.77. The summed E-state index contributed by atoms with van der Waals surface area (Å²) in [4.78, 5) is 15.5. The average Bonchev–Trinajstić information content (AvgIpc) is 2.81. The lowest BCUT2D eigenvalue weighted by Crippen LogP contribution is -2.58. The number of hydrogen-bond acceptors (Lipinski definition) is 8. The molecule has 0 spiro atoms. The maximum Gasteiger partial charge on any atom is 0.225 e. The van der Waals surface area contributed by atoms with Gasteiger partial charge in [0, 0.05) is 62.8 Å². The molecule has 0 aliphatic carbocycles. The summed E-state index contributed by atoms with van der Waals surface area (Å²) < 4.78 is 26.0. The summed E-state index contributed by atoms with van der Waals surface area (Å²) in [6, 6.07) is 3.57. The molecular formula is C21H27FN6O2. The van der Waals surface area contributed by atoms with Crippen molar-refractivity contribution in [3.05, 3.63) is 30.3 Å². The van der Waals surface area contributed by atoms with Crippen LogP contribution in [-0.2, 0) is 9.47 Å². The zero-order valence-corrected chi connectivity index (χ0v) is 17.0. The van der Waals surface area contributed by atoms with Crippen LogP contribution >= 0.6 is 0 Å². The fraction of sp³-hybridized carbons (Fsp3) is 0.524. The van der Waals surface area contributed by atoms with E-state index in [0.717, 1.165) is 51.6 Å². The topological polar surface area (TPSA) is 80.0 Å². The number of nitrogens with two attached hydrogens (primary N) is 1. The van der Waals surface area contributed by atoms with E-state index in [0.29, 0.717) is 48.6 Å². The van der Waals surface area contributed by atoms with Gasteiger partial charge in [0.2, 0.25) is 5.95 Å². The Hall–Kier alpha value is -2.49. The molecular weight excluding hydrogens is 387 g/mol. The number of aromatic nitrogens is 2. The van der Waals surface area contributed by atoms with Crippen LogP contribution in [0.5, 0.6) is 0 Å². The summed E-state index contributed by atoms with van der Waals surface area (Å²) in [5.74, 6) is 0.323. The van der Waals surface area contributed by atoms with Crippen LogP contribution in [0.2, 0.25) is 0 Å². The molecule has 3 aliphatic heterocycles. The first-order chi connectivity index (χ1) is 14.7. The molecule has 160 valence electrons. The highest BCUT2D eigenvalue weighted by Gasteiger charge is 2.30. The summed E-state index contributed by atoms with van der Waals surface area (Å²) in [7, 11) is 0. The Morgan fingerprint density at radius 3 is 2.50 bits per heavy atom. The van der Waals surface area contributed by atoms with E-state index in [-0.39, 0.29) is 5.82 Å². The fourth-order valence-corrected chi connectivity index (χ4v) is 4.43. The van der Waals surface area contributed by atoms with Crippen molar-refractivity contribution in [1.29, 1.82) is 0 Å². The van der Waals surface area contributed by atoms with Gasteiger partial charge in [-0.05, 0) is 12.1 Å². The van der Waals surface area contributed by atoms with Crippen LogP contribution in [0.3, 0.4) is 0 Å². The van der Waals surface area contributed by atoms with E-state index in [2.05, 4.69) is 24.7 Å². The number of morpholine rings is 2. The van der Waals surface area contributed by atoms with E-state index in [4.69, 9.17) is 15.2 Å². The second-order valence-corrected chi connectivity index (χ2v) is 7.97. The van der Waals surface area contributed by atoms with E-state index >= 15 is 4.39 Å². The molecule has 1 atom stereocenters. The molecule has 30 heavy (non-hydrogen) atoms. The lowest BCUT2D eigenvalue weighted by molar-refractivity contribution is -0.0116. The van der Waals surface area contributed by atoms with Gasteiger partial charge in [-0.2, -0.15) is 0 Å². The van der Waals surface area contributed by atoms with Crippen LogP contribution in [0.4, 0.5) is 21.7 Å². The normalized spacial score (nSPS) is 22.8. The molecule has 1 aromatic heterocycles. The minimum Gasteiger partial charge on any atom is -0.397 e. The number of anilines is 3. The third-order valence-corrected chi connectivity index (χ3v) is 6.14. The van der Waals surface area contributed by atoms with E-state index in [9.17, 15) is 0 Å². The summed E-state index contributed by atoms with van der Waals surface area (Å²) in [5.41, 5.74) is 8.70. The maximum atomic E-state index is 15.1. The predicted molar refractivity (Wildman–Crippen MR) is 113 cm³/mol. The van der Waals surface area contributed by atoms with Crippen LogP contribution < -0.4 is 15.5 Å². The molecule has 8 nitrogen and oxygen atoms in total. The molecule has 4 heterocycles. The Morgan fingerprint density at radius 1 is 0.933 bits per heavy atom. The molecule has 1 aromatic carbocycles. The van der Waals surface area contributed by atoms with Crippen LogP contribution in [0.15, 0.2) is 24.5 Å². The van der Waals surface area contributed by atoms with Gasteiger partial charge in [-0.15, -0.1) is 0 Å². The Morgan fingerprint density at radius 2 is 1.70 bits per heavy atom. The fourth-order valence-electron chi connectivity index (χ4n) is 4.43. The van der Waals surface area contributed by atoms with Crippen LogP contribution in [0, 0.1) is 5.82 Å². The molecule has 3 fully saturated rings. The zero-order chi connectivity index (χ0) is 20.5. The van der Waals surface area contributed by atoms with Gasteiger partial charge in [0.05, 0.1) is 43.8 Å². The maximum absolute atomic E-state index is 15.1. The number of rotatable bonds is 3. The molecule has 0 radical (unpaired) electrons. The standard InChI is InChI=1S/C21H27FN6O2/c22-18-10-20(28-2-1-26-3-8-30-14-16(26)13-28)19(23)9-17(18)15-11-24-21(25-12-15)27-4-6-29-7-5-27/h9-12,16H,1-8,13-14,23H2. The number of ether oxygens (including phenoxy) is 2. The number of benzene rings is 1. The molecule has 2 aromatic rings. The van der Waals surface area contributed by atoms with E-state index in [1.165, 1.54) is 0 Å². The molecule has 0 saturated carbocycles. The van der Waals surface area contributed by atoms with Crippen molar-refractivity contribution in [2.75, 3.05) is 81.2 Å². The third kappa shape index (κ3) is 3.80. The molecule has 0 amide bonds. The number of nitrogens with zero attached hydrogens (tertiary/aromatic N) is 5. The zero-order valence-electron chi connectivity index (χ0n) is 17.0. The second kappa shape index (κ2) is 8.33. The van der Waals surface area contributed by atoms with Crippen molar-refractivity contribution in [2.24, 2.45) is 0 Å². The van der Waals surface area contributed by atoms with Crippen LogP contribution in [0.25, 0.3) is 11.1 Å². The van der Waals surface area contributed by atoms with Crippen molar-refractivity contribution >= 4 is 17.3 Å². The molecule has 5 rings (SSSR count). The number of hydrogen-bond donors (Lipinski definition) is 1. The SMILES string of the molecule is Nc1cc(-c2cnc(N3CCOCC3)nc2)c(F)cc1N1CCN2CCOCC2C1. The van der Waals surface area contributed by atoms with Crippen molar-refractivity contribution in [1.82, 2.24) is 14.9 Å².